The van der Waals surface area contributed by atoms with E-state index < -0.39 is 5.60 Å². The Hall–Kier alpha value is -5.05. The second-order valence-electron chi connectivity index (χ2n) is 13.0. The number of amides is 1. The van der Waals surface area contributed by atoms with Crippen LogP contribution in [0.15, 0.2) is 91.0 Å². The lowest BCUT2D eigenvalue weighted by molar-refractivity contribution is 0.0215. The van der Waals surface area contributed by atoms with Crippen LogP contribution < -0.4 is 14.4 Å². The van der Waals surface area contributed by atoms with Gasteiger partial charge in [-0.15, -0.1) is 0 Å². The van der Waals surface area contributed by atoms with E-state index in [9.17, 15) is 4.79 Å². The molecule has 2 bridgehead atoms. The van der Waals surface area contributed by atoms with Crippen LogP contribution in [0.25, 0.3) is 22.2 Å². The van der Waals surface area contributed by atoms with E-state index >= 15 is 0 Å². The lowest BCUT2D eigenvalue weighted by Gasteiger charge is -2.36. The quantitative estimate of drug-likeness (QED) is 0.186. The first-order valence-electron chi connectivity index (χ1n) is 15.8. The third-order valence-corrected chi connectivity index (χ3v) is 8.56. The van der Waals surface area contributed by atoms with Crippen LogP contribution in [0.1, 0.15) is 38.3 Å². The van der Waals surface area contributed by atoms with E-state index in [2.05, 4.69) is 23.1 Å². The Bertz CT molecular complexity index is 1850. The third kappa shape index (κ3) is 5.97. The molecule has 2 fully saturated rings. The highest BCUT2D eigenvalue weighted by Gasteiger charge is 2.47. The predicted molar refractivity (Wildman–Crippen MR) is 178 cm³/mol. The number of para-hydroxylation sites is 1. The Morgan fingerprint density at radius 1 is 0.826 bits per heavy atom. The van der Waals surface area contributed by atoms with Crippen LogP contribution in [0.3, 0.4) is 0 Å². The van der Waals surface area contributed by atoms with Crippen molar-refractivity contribution in [2.45, 2.75) is 58.1 Å². The second kappa shape index (κ2) is 12.0. The number of ether oxygens (including phenoxy) is 3. The van der Waals surface area contributed by atoms with Gasteiger partial charge in [-0.25, -0.2) is 4.79 Å². The Balaban J connectivity index is 1.19. The maximum Gasteiger partial charge on any atom is 0.410 e. The van der Waals surface area contributed by atoms with Crippen molar-refractivity contribution in [3.63, 3.8) is 0 Å². The molecule has 4 heterocycles. The van der Waals surface area contributed by atoms with Gasteiger partial charge in [0.05, 0.1) is 22.8 Å². The summed E-state index contributed by atoms with van der Waals surface area (Å²) in [6.07, 6.45) is 0.694. The molecule has 2 saturated heterocycles. The SMILES string of the molecule is Cn1nc(-c2ccc(OCc3ccccc3)nc2OCc2ccccc2)c2cccc(N3C[C@H]4C[C@@H]3CN4C(=O)OC(C)(C)C)c21. The Morgan fingerprint density at radius 2 is 1.52 bits per heavy atom. The minimum Gasteiger partial charge on any atom is -0.473 e. The average molecular weight is 618 g/mol. The third-order valence-electron chi connectivity index (χ3n) is 8.56. The Labute approximate surface area is 269 Å². The second-order valence-corrected chi connectivity index (χ2v) is 13.0. The molecule has 0 saturated carbocycles. The van der Waals surface area contributed by atoms with E-state index in [-0.39, 0.29) is 18.2 Å². The van der Waals surface area contributed by atoms with Gasteiger partial charge < -0.3 is 24.0 Å². The van der Waals surface area contributed by atoms with Crippen molar-refractivity contribution in [2.75, 3.05) is 18.0 Å². The average Bonchev–Trinajstić information content (AvgIpc) is 3.76. The highest BCUT2D eigenvalue weighted by molar-refractivity contribution is 6.01. The topological polar surface area (TPSA) is 82.0 Å². The summed E-state index contributed by atoms with van der Waals surface area (Å²) in [4.78, 5) is 22.0. The van der Waals surface area contributed by atoms with E-state index in [4.69, 9.17) is 24.3 Å². The van der Waals surface area contributed by atoms with E-state index in [0.717, 1.165) is 51.9 Å². The van der Waals surface area contributed by atoms with E-state index in [1.807, 2.05) is 110 Å². The number of carbonyl (C=O) groups is 1. The zero-order valence-electron chi connectivity index (χ0n) is 26.7. The molecule has 0 aliphatic carbocycles. The summed E-state index contributed by atoms with van der Waals surface area (Å²) in [5, 5.41) is 6.03. The molecule has 0 unspecified atom stereocenters. The summed E-state index contributed by atoms with van der Waals surface area (Å²) in [7, 11) is 1.98. The van der Waals surface area contributed by atoms with E-state index in [0.29, 0.717) is 31.5 Å². The van der Waals surface area contributed by atoms with Gasteiger partial charge in [-0.05, 0) is 50.5 Å². The Morgan fingerprint density at radius 3 is 2.17 bits per heavy atom. The molecule has 7 rings (SSSR count). The van der Waals surface area contributed by atoms with Gasteiger partial charge in [0.2, 0.25) is 11.8 Å². The molecule has 0 spiro atoms. The minimum absolute atomic E-state index is 0.119. The van der Waals surface area contributed by atoms with Crippen LogP contribution >= 0.6 is 0 Å². The van der Waals surface area contributed by atoms with Gasteiger partial charge >= 0.3 is 6.09 Å². The van der Waals surface area contributed by atoms with Crippen LogP contribution in [0.2, 0.25) is 0 Å². The number of hydrogen-bond donors (Lipinski definition) is 0. The van der Waals surface area contributed by atoms with Crippen molar-refractivity contribution < 1.29 is 19.0 Å². The van der Waals surface area contributed by atoms with Crippen LogP contribution in [0.5, 0.6) is 11.8 Å². The zero-order valence-corrected chi connectivity index (χ0v) is 26.7. The monoisotopic (exact) mass is 617 g/mol. The van der Waals surface area contributed by atoms with Gasteiger partial charge in [0.1, 0.15) is 24.5 Å². The molecule has 236 valence electrons. The van der Waals surface area contributed by atoms with Crippen molar-refractivity contribution in [2.24, 2.45) is 7.05 Å². The number of pyridine rings is 1. The molecular weight excluding hydrogens is 578 g/mol. The Kier molecular flexibility index (Phi) is 7.76. The maximum absolute atomic E-state index is 12.9. The molecule has 1 amide bonds. The molecule has 5 aromatic rings. The number of rotatable bonds is 8. The number of nitrogens with zero attached hydrogens (tertiary/aromatic N) is 5. The van der Waals surface area contributed by atoms with Crippen LogP contribution in [0.4, 0.5) is 10.5 Å². The molecule has 46 heavy (non-hydrogen) atoms. The summed E-state index contributed by atoms with van der Waals surface area (Å²) >= 11 is 0. The maximum atomic E-state index is 12.9. The van der Waals surface area contributed by atoms with Crippen LogP contribution in [-0.4, -0.2) is 56.5 Å². The highest BCUT2D eigenvalue weighted by Crippen LogP contribution is 2.42. The lowest BCUT2D eigenvalue weighted by Crippen LogP contribution is -2.50. The number of piperazine rings is 1. The molecule has 3 aromatic carbocycles. The fraction of sp³-hybridized carbons (Fsp3) is 0.324. The number of aryl methyl sites for hydroxylation is 1. The van der Waals surface area contributed by atoms with Crippen molar-refractivity contribution in [3.05, 3.63) is 102 Å². The normalized spacial score (nSPS) is 17.5. The first kappa shape index (κ1) is 29.6. The van der Waals surface area contributed by atoms with Crippen LogP contribution in [-0.2, 0) is 25.0 Å². The number of aromatic nitrogens is 3. The lowest BCUT2D eigenvalue weighted by atomic mass is 10.1. The van der Waals surface area contributed by atoms with Crippen molar-refractivity contribution in [3.8, 4) is 23.0 Å². The molecule has 2 aliphatic rings. The van der Waals surface area contributed by atoms with Crippen molar-refractivity contribution in [1.82, 2.24) is 19.7 Å². The van der Waals surface area contributed by atoms with Gasteiger partial charge in [0.25, 0.3) is 0 Å². The molecule has 0 radical (unpaired) electrons. The number of carbonyl (C=O) groups excluding carboxylic acids is 1. The molecule has 0 N–H and O–H groups in total. The minimum atomic E-state index is -0.514. The molecule has 9 nitrogen and oxygen atoms in total. The standard InChI is InChI=1S/C37H39N5O4/c1-37(2,3)46-36(43)42-22-27-20-28(42)21-41(27)31-17-11-16-29-33(39-40(4)34(29)31)30-18-19-32(44-23-25-12-7-5-8-13-25)38-35(30)45-24-26-14-9-6-10-15-26/h5-19,27-28H,20-24H2,1-4H3/t27-,28-/m1/s1. The summed E-state index contributed by atoms with van der Waals surface area (Å²) in [6, 6.07) is 30.6. The smallest absolute Gasteiger partial charge is 0.410 e. The van der Waals surface area contributed by atoms with Gasteiger partial charge in [-0.1, -0.05) is 72.8 Å². The number of anilines is 1. The number of hydrogen-bond acceptors (Lipinski definition) is 7. The first-order chi connectivity index (χ1) is 22.2. The molecule has 9 heteroatoms. The summed E-state index contributed by atoms with van der Waals surface area (Å²) in [5.74, 6) is 0.951. The van der Waals surface area contributed by atoms with Crippen LogP contribution in [0, 0.1) is 0 Å². The van der Waals surface area contributed by atoms with Crippen molar-refractivity contribution in [1.29, 1.82) is 0 Å². The van der Waals surface area contributed by atoms with Gasteiger partial charge in [0, 0.05) is 37.6 Å². The summed E-state index contributed by atoms with van der Waals surface area (Å²) in [5.41, 5.74) is 5.33. The van der Waals surface area contributed by atoms with E-state index in [1.54, 1.807) is 0 Å². The number of benzene rings is 3. The number of fused-ring (bicyclic) bond motifs is 3. The van der Waals surface area contributed by atoms with Crippen molar-refractivity contribution >= 4 is 22.7 Å². The predicted octanol–water partition coefficient (Wildman–Crippen LogP) is 6.99. The molecule has 2 aliphatic heterocycles. The summed E-state index contributed by atoms with van der Waals surface area (Å²) in [6.45, 7) is 7.90. The van der Waals surface area contributed by atoms with E-state index in [1.165, 1.54) is 0 Å². The largest absolute Gasteiger partial charge is 0.473 e. The number of likely N-dealkylation sites (tertiary alicyclic amines) is 1. The first-order valence-corrected chi connectivity index (χ1v) is 15.8. The fourth-order valence-electron chi connectivity index (χ4n) is 6.50. The van der Waals surface area contributed by atoms with Gasteiger partial charge in [-0.2, -0.15) is 10.1 Å². The van der Waals surface area contributed by atoms with Gasteiger partial charge in [0.15, 0.2) is 0 Å². The molecule has 2 aromatic heterocycles. The highest BCUT2D eigenvalue weighted by atomic mass is 16.6. The molecule has 2 atom stereocenters. The molecular formula is C37H39N5O4. The zero-order chi connectivity index (χ0) is 31.8. The fourth-order valence-corrected chi connectivity index (χ4v) is 6.50. The van der Waals surface area contributed by atoms with Gasteiger partial charge in [-0.3, -0.25) is 4.68 Å². The summed E-state index contributed by atoms with van der Waals surface area (Å²) < 4.78 is 20.1.